The molecular formula is C36H51N5O5Si. The van der Waals surface area contributed by atoms with Crippen molar-refractivity contribution >= 4 is 36.7 Å². The van der Waals surface area contributed by atoms with Crippen molar-refractivity contribution in [1.29, 1.82) is 0 Å². The third-order valence-corrected chi connectivity index (χ3v) is 13.0. The van der Waals surface area contributed by atoms with Gasteiger partial charge in [-0.25, -0.2) is 4.98 Å². The molecule has 0 saturated carbocycles. The molecule has 4 rings (SSSR count). The molecule has 0 N–H and O–H groups in total. The number of ether oxygens (including phenoxy) is 3. The Hall–Kier alpha value is -3.96. The molecule has 0 saturated heterocycles. The number of aromatic nitrogens is 4. The fraction of sp³-hybridized carbons (Fsp3) is 0.500. The Kier molecular flexibility index (Phi) is 11.3. The van der Waals surface area contributed by atoms with Gasteiger partial charge in [0.15, 0.2) is 8.32 Å². The van der Waals surface area contributed by atoms with E-state index in [0.717, 1.165) is 46.5 Å². The number of hydrogen-bond donors (Lipinski definition) is 0. The van der Waals surface area contributed by atoms with E-state index in [0.29, 0.717) is 37.6 Å². The Bertz CT molecular complexity index is 1640. The van der Waals surface area contributed by atoms with Gasteiger partial charge in [-0.1, -0.05) is 20.8 Å². The van der Waals surface area contributed by atoms with Crippen molar-refractivity contribution in [2.75, 3.05) is 32.3 Å². The normalized spacial score (nSPS) is 12.3. The predicted molar refractivity (Wildman–Crippen MR) is 190 cm³/mol. The van der Waals surface area contributed by atoms with Crippen molar-refractivity contribution in [2.45, 2.75) is 91.1 Å². The van der Waals surface area contributed by atoms with E-state index in [1.165, 1.54) is 0 Å². The highest BCUT2D eigenvalue weighted by atomic mass is 28.4. The van der Waals surface area contributed by atoms with E-state index in [1.807, 2.05) is 55.9 Å². The molecule has 0 bridgehead atoms. The Balaban J connectivity index is 1.56. The Morgan fingerprint density at radius 2 is 1.60 bits per heavy atom. The van der Waals surface area contributed by atoms with Crippen LogP contribution in [0.25, 0.3) is 22.3 Å². The molecule has 0 radical (unpaired) electrons. The molecule has 2 aromatic carbocycles. The van der Waals surface area contributed by atoms with Crippen LogP contribution in [0.1, 0.15) is 60.8 Å². The molecule has 0 unspecified atom stereocenters. The fourth-order valence-electron chi connectivity index (χ4n) is 4.82. The maximum Gasteiger partial charge on any atom is 0.306 e. The minimum atomic E-state index is -1.95. The number of rotatable bonds is 14. The van der Waals surface area contributed by atoms with Gasteiger partial charge in [-0.2, -0.15) is 5.10 Å². The van der Waals surface area contributed by atoms with Gasteiger partial charge in [0.05, 0.1) is 49.9 Å². The number of nitrogens with zero attached hydrogens (tertiary/aromatic N) is 5. The minimum Gasteiger partial charge on any atom is -0.497 e. The van der Waals surface area contributed by atoms with E-state index < -0.39 is 13.9 Å². The van der Waals surface area contributed by atoms with Gasteiger partial charge < -0.3 is 23.5 Å². The summed E-state index contributed by atoms with van der Waals surface area (Å²) in [7, 11) is 1.36. The molecule has 10 nitrogen and oxygen atoms in total. The average molecular weight is 662 g/mol. The van der Waals surface area contributed by atoms with Crippen molar-refractivity contribution in [1.82, 2.24) is 19.7 Å². The smallest absolute Gasteiger partial charge is 0.306 e. The first kappa shape index (κ1) is 35.9. The summed E-state index contributed by atoms with van der Waals surface area (Å²) in [4.78, 5) is 23.9. The summed E-state index contributed by atoms with van der Waals surface area (Å²) in [6, 6.07) is 12.0. The lowest BCUT2D eigenvalue weighted by Crippen LogP contribution is -2.42. The Morgan fingerprint density at radius 1 is 0.894 bits per heavy atom. The van der Waals surface area contributed by atoms with Crippen molar-refractivity contribution in [2.24, 2.45) is 0 Å². The van der Waals surface area contributed by atoms with Crippen molar-refractivity contribution in [3.8, 4) is 22.8 Å². The molecule has 0 atom stereocenters. The number of fused-ring (bicyclic) bond motifs is 1. The largest absolute Gasteiger partial charge is 0.497 e. The molecule has 0 spiro atoms. The zero-order valence-electron chi connectivity index (χ0n) is 29.7. The third-order valence-electron chi connectivity index (χ3n) is 8.44. The molecule has 4 aromatic rings. The molecule has 254 valence electrons. The monoisotopic (exact) mass is 661 g/mol. The van der Waals surface area contributed by atoms with E-state index in [9.17, 15) is 4.79 Å². The summed E-state index contributed by atoms with van der Waals surface area (Å²) < 4.78 is 25.1. The average Bonchev–Trinajstić information content (AvgIpc) is 3.48. The first-order chi connectivity index (χ1) is 22.1. The third kappa shape index (κ3) is 9.77. The van der Waals surface area contributed by atoms with Gasteiger partial charge in [0, 0.05) is 60.8 Å². The van der Waals surface area contributed by atoms with Gasteiger partial charge >= 0.3 is 5.97 Å². The Morgan fingerprint density at radius 3 is 2.23 bits per heavy atom. The number of carbonyl (C=O) groups is 1. The maximum absolute atomic E-state index is 12.0. The highest BCUT2D eigenvalue weighted by molar-refractivity contribution is 6.74. The lowest BCUT2D eigenvalue weighted by atomic mass is 10.2. The molecule has 0 aliphatic rings. The number of aryl methyl sites for hydroxylation is 1. The van der Waals surface area contributed by atoms with E-state index in [1.54, 1.807) is 26.6 Å². The standard InChI is InChI=1S/C36H51N5O5Si/c1-35(2,3)46-34(42)13-11-12-16-40-25-26(23-38-40)33-24-37-31-15-14-27(21-32(31)39-33)41(17-18-45-47(9,10)36(4,5)6)28-19-29(43-7)22-30(20-28)44-8/h14-15,19-25H,11-13,16-18H2,1-10H3. The molecule has 0 fully saturated rings. The van der Waals surface area contributed by atoms with Crippen LogP contribution in [0, 0.1) is 0 Å². The second kappa shape index (κ2) is 14.9. The summed E-state index contributed by atoms with van der Waals surface area (Å²) in [5, 5.41) is 4.64. The van der Waals surface area contributed by atoms with Gasteiger partial charge in [-0.15, -0.1) is 0 Å². The zero-order chi connectivity index (χ0) is 34.4. The highest BCUT2D eigenvalue weighted by Gasteiger charge is 2.37. The van der Waals surface area contributed by atoms with Crippen LogP contribution in [0.5, 0.6) is 11.5 Å². The number of unbranched alkanes of at least 4 members (excludes halogenated alkanes) is 1. The molecule has 11 heteroatoms. The van der Waals surface area contributed by atoms with Crippen LogP contribution in [0.2, 0.25) is 18.1 Å². The first-order valence-electron chi connectivity index (χ1n) is 16.2. The van der Waals surface area contributed by atoms with Gasteiger partial charge in [0.25, 0.3) is 0 Å². The Labute approximate surface area is 280 Å². The molecular weight excluding hydrogens is 611 g/mol. The van der Waals surface area contributed by atoms with Crippen LogP contribution in [-0.4, -0.2) is 67.0 Å². The van der Waals surface area contributed by atoms with E-state index in [-0.39, 0.29) is 11.0 Å². The number of benzene rings is 2. The summed E-state index contributed by atoms with van der Waals surface area (Å²) in [5.74, 6) is 1.25. The van der Waals surface area contributed by atoms with Crippen LogP contribution in [0.15, 0.2) is 55.0 Å². The number of methoxy groups -OCH3 is 2. The van der Waals surface area contributed by atoms with Crippen LogP contribution in [-0.2, 0) is 20.5 Å². The van der Waals surface area contributed by atoms with Crippen LogP contribution >= 0.6 is 0 Å². The van der Waals surface area contributed by atoms with Gasteiger partial charge in [-0.3, -0.25) is 14.5 Å². The van der Waals surface area contributed by atoms with Crippen molar-refractivity contribution in [3.05, 3.63) is 55.0 Å². The molecule has 2 aromatic heterocycles. The van der Waals surface area contributed by atoms with Crippen molar-refractivity contribution in [3.63, 3.8) is 0 Å². The highest BCUT2D eigenvalue weighted by Crippen LogP contribution is 2.38. The van der Waals surface area contributed by atoms with E-state index >= 15 is 0 Å². The number of anilines is 2. The maximum atomic E-state index is 12.0. The van der Waals surface area contributed by atoms with E-state index in [4.69, 9.17) is 28.6 Å². The molecule has 47 heavy (non-hydrogen) atoms. The van der Waals surface area contributed by atoms with Crippen LogP contribution < -0.4 is 14.4 Å². The number of esters is 1. The topological polar surface area (TPSA) is 101 Å². The lowest BCUT2D eigenvalue weighted by molar-refractivity contribution is -0.154. The first-order valence-corrected chi connectivity index (χ1v) is 19.2. The number of carbonyl (C=O) groups excluding carboxylic acids is 1. The molecule has 0 aliphatic heterocycles. The summed E-state index contributed by atoms with van der Waals surface area (Å²) in [6.07, 6.45) is 7.51. The zero-order valence-corrected chi connectivity index (χ0v) is 30.7. The van der Waals surface area contributed by atoms with E-state index in [2.05, 4.69) is 56.0 Å². The summed E-state index contributed by atoms with van der Waals surface area (Å²) in [5.41, 5.74) is 4.62. The molecule has 0 amide bonds. The van der Waals surface area contributed by atoms with Crippen molar-refractivity contribution < 1.29 is 23.4 Å². The van der Waals surface area contributed by atoms with Gasteiger partial charge in [0.1, 0.15) is 17.1 Å². The second-order valence-electron chi connectivity index (χ2n) is 14.3. The summed E-state index contributed by atoms with van der Waals surface area (Å²) in [6.45, 7) is 18.8. The molecule has 0 aliphatic carbocycles. The lowest BCUT2D eigenvalue weighted by Gasteiger charge is -2.37. The number of hydrogen-bond acceptors (Lipinski definition) is 9. The predicted octanol–water partition coefficient (Wildman–Crippen LogP) is 8.18. The van der Waals surface area contributed by atoms with Crippen LogP contribution in [0.4, 0.5) is 11.4 Å². The minimum absolute atomic E-state index is 0.111. The fourth-order valence-corrected chi connectivity index (χ4v) is 5.86. The van der Waals surface area contributed by atoms with Gasteiger partial charge in [0.2, 0.25) is 0 Å². The summed E-state index contributed by atoms with van der Waals surface area (Å²) >= 11 is 0. The van der Waals surface area contributed by atoms with Crippen LogP contribution in [0.3, 0.4) is 0 Å². The SMILES string of the molecule is COc1cc(OC)cc(N(CCO[Si](C)(C)C(C)(C)C)c2ccc3ncc(-c4cnn(CCCCC(=O)OC(C)(C)C)c4)nc3c2)c1. The quantitative estimate of drug-likeness (QED) is 0.0752. The van der Waals surface area contributed by atoms with Gasteiger partial charge in [-0.05, 0) is 69.9 Å². The molecule has 2 heterocycles. The second-order valence-corrected chi connectivity index (χ2v) is 19.1.